The summed E-state index contributed by atoms with van der Waals surface area (Å²) in [5.74, 6) is 0.922. The highest BCUT2D eigenvalue weighted by molar-refractivity contribution is 7.09. The molecule has 1 fully saturated rings. The van der Waals surface area contributed by atoms with Crippen LogP contribution in [0.1, 0.15) is 29.1 Å². The van der Waals surface area contributed by atoms with E-state index < -0.39 is 0 Å². The molecule has 0 aliphatic carbocycles. The minimum atomic E-state index is 0. The molecule has 0 spiro atoms. The van der Waals surface area contributed by atoms with Crippen molar-refractivity contribution in [3.63, 3.8) is 0 Å². The second kappa shape index (κ2) is 11.5. The third-order valence-corrected chi connectivity index (χ3v) is 5.49. The number of carbonyl (C=O) groups is 1. The molecule has 26 heavy (non-hydrogen) atoms. The monoisotopic (exact) mass is 415 g/mol. The highest BCUT2D eigenvalue weighted by Crippen LogP contribution is 2.19. The summed E-state index contributed by atoms with van der Waals surface area (Å²) < 4.78 is 0. The molecule has 4 nitrogen and oxygen atoms in total. The van der Waals surface area contributed by atoms with Crippen LogP contribution in [-0.2, 0) is 17.6 Å². The Morgan fingerprint density at radius 1 is 1.23 bits per heavy atom. The minimum absolute atomic E-state index is 0. The molecule has 1 saturated heterocycles. The summed E-state index contributed by atoms with van der Waals surface area (Å²) in [7, 11) is 1.99. The molecule has 0 radical (unpaired) electrons. The number of hydrogen-bond acceptors (Lipinski definition) is 4. The lowest BCUT2D eigenvalue weighted by atomic mass is 9.96. The Morgan fingerprint density at radius 2 is 1.92 bits per heavy atom. The van der Waals surface area contributed by atoms with Crippen LogP contribution in [0.25, 0.3) is 0 Å². The van der Waals surface area contributed by atoms with E-state index in [1.54, 1.807) is 11.3 Å². The van der Waals surface area contributed by atoms with Crippen molar-refractivity contribution in [2.75, 3.05) is 26.7 Å². The maximum Gasteiger partial charge on any atom is 0.228 e. The first-order chi connectivity index (χ1) is 11.7. The fraction of sp³-hybridized carbons (Fsp3) is 0.474. The number of nitrogens with zero attached hydrogens (tertiary/aromatic N) is 2. The number of rotatable bonds is 6. The van der Waals surface area contributed by atoms with E-state index in [4.69, 9.17) is 0 Å². The standard InChI is InChI=1S/C19H25N3OS.2ClH/c1-20-13-16-7-9-22(10-8-16)19(23)12-17-14-24-18(21-17)11-15-5-3-2-4-6-15;;/h2-6,14,16,20H,7-13H2,1H3;2*1H. The van der Waals surface area contributed by atoms with Gasteiger partial charge in [-0.1, -0.05) is 30.3 Å². The smallest absolute Gasteiger partial charge is 0.228 e. The first-order valence-corrected chi connectivity index (χ1v) is 9.52. The van der Waals surface area contributed by atoms with Crippen molar-refractivity contribution >= 4 is 42.1 Å². The van der Waals surface area contributed by atoms with Gasteiger partial charge in [0.1, 0.15) is 0 Å². The van der Waals surface area contributed by atoms with Gasteiger partial charge in [-0.05, 0) is 37.9 Å². The number of amides is 1. The Kier molecular flexibility index (Phi) is 10.2. The number of piperidine rings is 1. The lowest BCUT2D eigenvalue weighted by molar-refractivity contribution is -0.131. The molecule has 7 heteroatoms. The summed E-state index contributed by atoms with van der Waals surface area (Å²) in [6.07, 6.45) is 3.48. The predicted molar refractivity (Wildman–Crippen MR) is 113 cm³/mol. The highest BCUT2D eigenvalue weighted by atomic mass is 35.5. The largest absolute Gasteiger partial charge is 0.342 e. The molecule has 0 atom stereocenters. The van der Waals surface area contributed by atoms with Crippen LogP contribution in [0.2, 0.25) is 0 Å². The zero-order chi connectivity index (χ0) is 16.8. The minimum Gasteiger partial charge on any atom is -0.342 e. The maximum atomic E-state index is 12.5. The number of likely N-dealkylation sites (tertiary alicyclic amines) is 1. The quantitative estimate of drug-likeness (QED) is 0.783. The van der Waals surface area contributed by atoms with Crippen molar-refractivity contribution in [3.05, 3.63) is 52.0 Å². The number of halogens is 2. The highest BCUT2D eigenvalue weighted by Gasteiger charge is 2.22. The molecule has 1 aromatic heterocycles. The summed E-state index contributed by atoms with van der Waals surface area (Å²) in [4.78, 5) is 19.1. The van der Waals surface area contributed by atoms with Crippen molar-refractivity contribution in [1.82, 2.24) is 15.2 Å². The molecule has 0 unspecified atom stereocenters. The predicted octanol–water partition coefficient (Wildman–Crippen LogP) is 3.58. The van der Waals surface area contributed by atoms with Gasteiger partial charge in [-0.25, -0.2) is 4.98 Å². The SMILES string of the molecule is CNCC1CCN(C(=O)Cc2csc(Cc3ccccc3)n2)CC1.Cl.Cl. The van der Waals surface area contributed by atoms with Crippen LogP contribution in [0.4, 0.5) is 0 Å². The summed E-state index contributed by atoms with van der Waals surface area (Å²) in [6.45, 7) is 2.81. The van der Waals surface area contributed by atoms with Crippen molar-refractivity contribution in [2.24, 2.45) is 5.92 Å². The van der Waals surface area contributed by atoms with Crippen molar-refractivity contribution in [2.45, 2.75) is 25.7 Å². The van der Waals surface area contributed by atoms with Gasteiger partial charge in [-0.15, -0.1) is 36.2 Å². The molecular weight excluding hydrogens is 389 g/mol. The van der Waals surface area contributed by atoms with Crippen LogP contribution in [-0.4, -0.2) is 42.5 Å². The lowest BCUT2D eigenvalue weighted by Gasteiger charge is -2.31. The molecule has 1 amide bonds. The van der Waals surface area contributed by atoms with E-state index in [9.17, 15) is 4.79 Å². The normalized spacial score (nSPS) is 14.4. The van der Waals surface area contributed by atoms with Crippen LogP contribution >= 0.6 is 36.2 Å². The van der Waals surface area contributed by atoms with Crippen LogP contribution < -0.4 is 5.32 Å². The van der Waals surface area contributed by atoms with Crippen molar-refractivity contribution in [3.8, 4) is 0 Å². The molecule has 0 saturated carbocycles. The zero-order valence-corrected chi connectivity index (χ0v) is 17.5. The molecule has 1 aromatic carbocycles. The Hall–Kier alpha value is -1.14. The maximum absolute atomic E-state index is 12.5. The second-order valence-corrected chi connectivity index (χ2v) is 7.40. The van der Waals surface area contributed by atoms with Gasteiger partial charge in [0.2, 0.25) is 5.91 Å². The van der Waals surface area contributed by atoms with Crippen molar-refractivity contribution < 1.29 is 4.79 Å². The van der Waals surface area contributed by atoms with Gasteiger partial charge in [-0.3, -0.25) is 4.79 Å². The Labute approximate surface area is 172 Å². The topological polar surface area (TPSA) is 45.2 Å². The molecule has 1 N–H and O–H groups in total. The molecule has 2 heterocycles. The van der Waals surface area contributed by atoms with Crippen LogP contribution in [0.5, 0.6) is 0 Å². The zero-order valence-electron chi connectivity index (χ0n) is 15.0. The number of benzene rings is 1. The lowest BCUT2D eigenvalue weighted by Crippen LogP contribution is -2.41. The first kappa shape index (κ1) is 22.9. The number of thiazole rings is 1. The Balaban J connectivity index is 0.00000169. The van der Waals surface area contributed by atoms with Gasteiger partial charge < -0.3 is 10.2 Å². The van der Waals surface area contributed by atoms with E-state index in [0.29, 0.717) is 12.3 Å². The third kappa shape index (κ3) is 6.54. The Bertz CT molecular complexity index is 658. The molecular formula is C19H27Cl2N3OS. The Morgan fingerprint density at radius 3 is 2.58 bits per heavy atom. The number of hydrogen-bond donors (Lipinski definition) is 1. The number of carbonyl (C=O) groups excluding carboxylic acids is 1. The van der Waals surface area contributed by atoms with Gasteiger partial charge in [-0.2, -0.15) is 0 Å². The molecule has 1 aliphatic heterocycles. The van der Waals surface area contributed by atoms with Gasteiger partial charge in [0.15, 0.2) is 0 Å². The van der Waals surface area contributed by atoms with Gasteiger partial charge in [0.25, 0.3) is 0 Å². The van der Waals surface area contributed by atoms with Crippen LogP contribution in [0, 0.1) is 5.92 Å². The molecule has 144 valence electrons. The summed E-state index contributed by atoms with van der Waals surface area (Å²) in [6, 6.07) is 10.3. The molecule has 0 bridgehead atoms. The van der Waals surface area contributed by atoms with Crippen LogP contribution in [0.3, 0.4) is 0 Å². The van der Waals surface area contributed by atoms with E-state index >= 15 is 0 Å². The van der Waals surface area contributed by atoms with Crippen LogP contribution in [0.15, 0.2) is 35.7 Å². The summed E-state index contributed by atoms with van der Waals surface area (Å²) in [5.41, 5.74) is 2.17. The summed E-state index contributed by atoms with van der Waals surface area (Å²) >= 11 is 1.65. The van der Waals surface area contributed by atoms with E-state index in [-0.39, 0.29) is 30.7 Å². The average molecular weight is 416 g/mol. The third-order valence-electron chi connectivity index (χ3n) is 4.59. The molecule has 3 rings (SSSR count). The van der Waals surface area contributed by atoms with E-state index in [1.807, 2.05) is 35.5 Å². The summed E-state index contributed by atoms with van der Waals surface area (Å²) in [5, 5.41) is 6.34. The van der Waals surface area contributed by atoms with E-state index in [2.05, 4.69) is 22.4 Å². The molecule has 2 aromatic rings. The average Bonchev–Trinajstić information content (AvgIpc) is 3.03. The fourth-order valence-electron chi connectivity index (χ4n) is 3.22. The second-order valence-electron chi connectivity index (χ2n) is 6.45. The van der Waals surface area contributed by atoms with E-state index in [1.165, 1.54) is 5.56 Å². The van der Waals surface area contributed by atoms with E-state index in [0.717, 1.165) is 49.6 Å². The van der Waals surface area contributed by atoms with Gasteiger partial charge >= 0.3 is 0 Å². The molecule has 1 aliphatic rings. The van der Waals surface area contributed by atoms with Crippen molar-refractivity contribution in [1.29, 1.82) is 0 Å². The van der Waals surface area contributed by atoms with Gasteiger partial charge in [0.05, 0.1) is 17.1 Å². The first-order valence-electron chi connectivity index (χ1n) is 8.64. The fourth-order valence-corrected chi connectivity index (χ4v) is 4.05. The number of nitrogens with one attached hydrogen (secondary N) is 1. The number of aromatic nitrogens is 1. The van der Waals surface area contributed by atoms with Gasteiger partial charge in [0, 0.05) is 24.9 Å².